The second-order valence-electron chi connectivity index (χ2n) is 6.95. The molecule has 3 heteroatoms. The van der Waals surface area contributed by atoms with Gasteiger partial charge in [-0.1, -0.05) is 67.6 Å². The summed E-state index contributed by atoms with van der Waals surface area (Å²) in [7, 11) is 0. The van der Waals surface area contributed by atoms with E-state index in [1.807, 2.05) is 6.92 Å². The first-order valence-corrected chi connectivity index (χ1v) is 9.52. The van der Waals surface area contributed by atoms with E-state index in [0.29, 0.717) is 6.04 Å². The number of nitrogens with zero attached hydrogens (tertiary/aromatic N) is 2. The number of hydrogen-bond acceptors (Lipinski definition) is 3. The summed E-state index contributed by atoms with van der Waals surface area (Å²) in [5.41, 5.74) is 2.73. The Morgan fingerprint density at radius 2 is 1.36 bits per heavy atom. The molecule has 2 aromatic rings. The predicted molar refractivity (Wildman–Crippen MR) is 104 cm³/mol. The number of piperazine rings is 1. The molecule has 1 aliphatic heterocycles. The van der Waals surface area contributed by atoms with Crippen molar-refractivity contribution in [2.75, 3.05) is 32.7 Å². The van der Waals surface area contributed by atoms with E-state index < -0.39 is 0 Å². The Hall–Kier alpha value is -1.68. The summed E-state index contributed by atoms with van der Waals surface area (Å²) in [5, 5.41) is 9.79. The van der Waals surface area contributed by atoms with Crippen molar-refractivity contribution < 1.29 is 5.11 Å². The molecule has 1 heterocycles. The van der Waals surface area contributed by atoms with E-state index in [2.05, 4.69) is 70.5 Å². The number of aliphatic hydroxyl groups excluding tert-OH is 1. The van der Waals surface area contributed by atoms with Gasteiger partial charge >= 0.3 is 0 Å². The number of benzene rings is 2. The molecule has 0 aliphatic carbocycles. The van der Waals surface area contributed by atoms with Crippen LogP contribution in [0.4, 0.5) is 0 Å². The molecule has 0 aromatic heterocycles. The van der Waals surface area contributed by atoms with Crippen molar-refractivity contribution in [3.63, 3.8) is 0 Å². The Balaban J connectivity index is 1.67. The molecule has 0 radical (unpaired) electrons. The van der Waals surface area contributed by atoms with Gasteiger partial charge in [-0.25, -0.2) is 0 Å². The molecule has 1 atom stereocenters. The van der Waals surface area contributed by atoms with Crippen LogP contribution >= 0.6 is 0 Å². The van der Waals surface area contributed by atoms with E-state index in [9.17, 15) is 5.11 Å². The first-order chi connectivity index (χ1) is 12.3. The van der Waals surface area contributed by atoms with Gasteiger partial charge in [-0.05, 0) is 24.0 Å². The Bertz CT molecular complexity index is 569. The van der Waals surface area contributed by atoms with Crippen LogP contribution in [0.1, 0.15) is 36.9 Å². The molecule has 2 aromatic carbocycles. The minimum Gasteiger partial charge on any atom is -0.393 e. The molecule has 3 rings (SSSR count). The van der Waals surface area contributed by atoms with Gasteiger partial charge in [0, 0.05) is 32.7 Å². The Kier molecular flexibility index (Phi) is 6.62. The summed E-state index contributed by atoms with van der Waals surface area (Å²) in [5.74, 6) is 0. The number of aliphatic hydroxyl groups is 1. The molecule has 0 spiro atoms. The number of rotatable bonds is 7. The van der Waals surface area contributed by atoms with Crippen LogP contribution in [-0.4, -0.2) is 53.7 Å². The van der Waals surface area contributed by atoms with Crippen LogP contribution in [0.15, 0.2) is 60.7 Å². The van der Waals surface area contributed by atoms with Crippen LogP contribution in [0.25, 0.3) is 0 Å². The van der Waals surface area contributed by atoms with Crippen molar-refractivity contribution in [3.05, 3.63) is 71.8 Å². The van der Waals surface area contributed by atoms with Crippen molar-refractivity contribution in [1.82, 2.24) is 9.80 Å². The third kappa shape index (κ3) is 4.91. The first kappa shape index (κ1) is 18.1. The van der Waals surface area contributed by atoms with Crippen molar-refractivity contribution >= 4 is 0 Å². The zero-order valence-corrected chi connectivity index (χ0v) is 15.2. The maximum absolute atomic E-state index is 9.79. The second-order valence-corrected chi connectivity index (χ2v) is 6.95. The monoisotopic (exact) mass is 338 g/mol. The molecule has 134 valence electrons. The van der Waals surface area contributed by atoms with Gasteiger partial charge in [0.1, 0.15) is 0 Å². The fourth-order valence-corrected chi connectivity index (χ4v) is 3.67. The molecule has 1 aliphatic rings. The summed E-state index contributed by atoms with van der Waals surface area (Å²) in [6.45, 7) is 7.34. The second kappa shape index (κ2) is 9.14. The average molecular weight is 338 g/mol. The van der Waals surface area contributed by atoms with Crippen molar-refractivity contribution in [2.24, 2.45) is 0 Å². The summed E-state index contributed by atoms with van der Waals surface area (Å²) >= 11 is 0. The molecule has 1 fully saturated rings. The third-order valence-electron chi connectivity index (χ3n) is 5.25. The van der Waals surface area contributed by atoms with Gasteiger partial charge in [-0.3, -0.25) is 4.90 Å². The largest absolute Gasteiger partial charge is 0.393 e. The van der Waals surface area contributed by atoms with Gasteiger partial charge in [0.25, 0.3) is 0 Å². The fraction of sp³-hybridized carbons (Fsp3) is 0.455. The Labute approximate surface area is 151 Å². The summed E-state index contributed by atoms with van der Waals surface area (Å²) < 4.78 is 0. The maximum atomic E-state index is 9.79. The fourth-order valence-electron chi connectivity index (χ4n) is 3.67. The maximum Gasteiger partial charge on any atom is 0.0602 e. The van der Waals surface area contributed by atoms with E-state index >= 15 is 0 Å². The highest BCUT2D eigenvalue weighted by Gasteiger charge is 2.26. The Morgan fingerprint density at radius 3 is 1.84 bits per heavy atom. The van der Waals surface area contributed by atoms with Crippen LogP contribution in [0, 0.1) is 0 Å². The zero-order chi connectivity index (χ0) is 17.5. The van der Waals surface area contributed by atoms with Gasteiger partial charge in [-0.2, -0.15) is 0 Å². The SMILES string of the molecule is CCC(O)CCN1CCN(C(c2ccccc2)c2ccccc2)CC1. The molecular weight excluding hydrogens is 308 g/mol. The van der Waals surface area contributed by atoms with Crippen molar-refractivity contribution in [3.8, 4) is 0 Å². The van der Waals surface area contributed by atoms with Gasteiger partial charge in [0.15, 0.2) is 0 Å². The molecule has 0 amide bonds. The van der Waals surface area contributed by atoms with Gasteiger partial charge in [0.05, 0.1) is 12.1 Å². The lowest BCUT2D eigenvalue weighted by Gasteiger charge is -2.40. The highest BCUT2D eigenvalue weighted by atomic mass is 16.3. The first-order valence-electron chi connectivity index (χ1n) is 9.52. The van der Waals surface area contributed by atoms with E-state index in [1.165, 1.54) is 11.1 Å². The van der Waals surface area contributed by atoms with Crippen LogP contribution in [0.3, 0.4) is 0 Å². The van der Waals surface area contributed by atoms with E-state index in [-0.39, 0.29) is 6.10 Å². The quantitative estimate of drug-likeness (QED) is 0.836. The van der Waals surface area contributed by atoms with Gasteiger partial charge in [0.2, 0.25) is 0 Å². The summed E-state index contributed by atoms with van der Waals surface area (Å²) in [6, 6.07) is 22.0. The van der Waals surface area contributed by atoms with Crippen LogP contribution in [0.5, 0.6) is 0 Å². The van der Waals surface area contributed by atoms with Crippen molar-refractivity contribution in [1.29, 1.82) is 0 Å². The predicted octanol–water partition coefficient (Wildman–Crippen LogP) is 3.55. The van der Waals surface area contributed by atoms with Crippen LogP contribution in [0.2, 0.25) is 0 Å². The molecule has 1 saturated heterocycles. The third-order valence-corrected chi connectivity index (χ3v) is 5.25. The van der Waals surface area contributed by atoms with Gasteiger partial charge in [-0.15, -0.1) is 0 Å². The molecule has 25 heavy (non-hydrogen) atoms. The van der Waals surface area contributed by atoms with Gasteiger partial charge < -0.3 is 10.0 Å². The molecule has 0 saturated carbocycles. The lowest BCUT2D eigenvalue weighted by atomic mass is 9.96. The smallest absolute Gasteiger partial charge is 0.0602 e. The zero-order valence-electron chi connectivity index (χ0n) is 15.2. The molecule has 1 unspecified atom stereocenters. The normalized spacial score (nSPS) is 17.7. The van der Waals surface area contributed by atoms with E-state index in [1.54, 1.807) is 0 Å². The molecular formula is C22H30N2O. The van der Waals surface area contributed by atoms with Crippen LogP contribution < -0.4 is 0 Å². The molecule has 3 nitrogen and oxygen atoms in total. The number of hydrogen-bond donors (Lipinski definition) is 1. The molecule has 1 N–H and O–H groups in total. The minimum atomic E-state index is -0.153. The topological polar surface area (TPSA) is 26.7 Å². The highest BCUT2D eigenvalue weighted by molar-refractivity contribution is 5.31. The standard InChI is InChI=1S/C22H30N2O/c1-2-21(25)13-14-23-15-17-24(18-16-23)22(19-9-5-3-6-10-19)20-11-7-4-8-12-20/h3-12,21-22,25H,2,13-18H2,1H3. The minimum absolute atomic E-state index is 0.153. The lowest BCUT2D eigenvalue weighted by molar-refractivity contribution is 0.0877. The summed E-state index contributed by atoms with van der Waals surface area (Å²) in [4.78, 5) is 5.08. The van der Waals surface area contributed by atoms with E-state index in [0.717, 1.165) is 45.6 Å². The Morgan fingerprint density at radius 1 is 0.840 bits per heavy atom. The van der Waals surface area contributed by atoms with Crippen molar-refractivity contribution in [2.45, 2.75) is 31.9 Å². The van der Waals surface area contributed by atoms with Crippen LogP contribution in [-0.2, 0) is 0 Å². The molecule has 0 bridgehead atoms. The summed E-state index contributed by atoms with van der Waals surface area (Å²) in [6.07, 6.45) is 1.58. The van der Waals surface area contributed by atoms with E-state index in [4.69, 9.17) is 0 Å². The highest BCUT2D eigenvalue weighted by Crippen LogP contribution is 2.29. The lowest BCUT2D eigenvalue weighted by Crippen LogP contribution is -2.48. The average Bonchev–Trinajstić information content (AvgIpc) is 2.69.